The molecule has 2 aromatic rings. The van der Waals surface area contributed by atoms with Crippen LogP contribution in [0, 0.1) is 0 Å². The van der Waals surface area contributed by atoms with E-state index in [2.05, 4.69) is 0 Å². The molecular formula is C13H15NO3. The Hall–Kier alpha value is -1.81. The Morgan fingerprint density at radius 1 is 1.47 bits per heavy atom. The number of aromatic nitrogens is 1. The molecule has 0 aliphatic heterocycles. The zero-order valence-corrected chi connectivity index (χ0v) is 9.88. The largest absolute Gasteiger partial charge is 0.481 e. The average molecular weight is 233 g/mol. The lowest BCUT2D eigenvalue weighted by Crippen LogP contribution is -2.16. The smallest absolute Gasteiger partial charge is 0.313 e. The maximum atomic E-state index is 11.3. The van der Waals surface area contributed by atoms with Gasteiger partial charge in [0.05, 0.1) is 6.61 Å². The Balaban J connectivity index is 2.57. The highest BCUT2D eigenvalue weighted by molar-refractivity contribution is 5.89. The Bertz CT molecular complexity index is 545. The molecule has 1 aromatic carbocycles. The van der Waals surface area contributed by atoms with E-state index in [0.29, 0.717) is 0 Å². The predicted molar refractivity (Wildman–Crippen MR) is 65.2 cm³/mol. The van der Waals surface area contributed by atoms with Gasteiger partial charge in [-0.15, -0.1) is 0 Å². The summed E-state index contributed by atoms with van der Waals surface area (Å²) in [7, 11) is 3.43. The Morgan fingerprint density at radius 2 is 2.18 bits per heavy atom. The molecule has 0 aliphatic carbocycles. The number of benzene rings is 1. The molecule has 1 heterocycles. The van der Waals surface area contributed by atoms with Crippen molar-refractivity contribution in [1.82, 2.24) is 4.57 Å². The van der Waals surface area contributed by atoms with E-state index in [1.165, 1.54) is 7.11 Å². The van der Waals surface area contributed by atoms with E-state index < -0.39 is 11.9 Å². The first kappa shape index (κ1) is 11.7. The van der Waals surface area contributed by atoms with Crippen molar-refractivity contribution < 1.29 is 14.6 Å². The molecule has 1 unspecified atom stereocenters. The van der Waals surface area contributed by atoms with Gasteiger partial charge >= 0.3 is 5.97 Å². The van der Waals surface area contributed by atoms with Gasteiger partial charge in [-0.2, -0.15) is 0 Å². The van der Waals surface area contributed by atoms with Crippen molar-refractivity contribution in [2.24, 2.45) is 7.05 Å². The fraction of sp³-hybridized carbons (Fsp3) is 0.308. The molecule has 4 nitrogen and oxygen atoms in total. The Labute approximate surface area is 99.4 Å². The first-order valence-electron chi connectivity index (χ1n) is 5.41. The third-order valence-corrected chi connectivity index (χ3v) is 2.93. The second-order valence-corrected chi connectivity index (χ2v) is 4.06. The number of methoxy groups -OCH3 is 1. The molecule has 1 atom stereocenters. The zero-order valence-electron chi connectivity index (χ0n) is 9.88. The van der Waals surface area contributed by atoms with Crippen LogP contribution in [0.2, 0.25) is 0 Å². The van der Waals surface area contributed by atoms with E-state index in [4.69, 9.17) is 4.74 Å². The molecule has 17 heavy (non-hydrogen) atoms. The highest BCUT2D eigenvalue weighted by atomic mass is 16.5. The Kier molecular flexibility index (Phi) is 3.15. The number of hydrogen-bond donors (Lipinski definition) is 1. The summed E-state index contributed by atoms with van der Waals surface area (Å²) in [5, 5.41) is 10.2. The van der Waals surface area contributed by atoms with Crippen LogP contribution in [0.4, 0.5) is 0 Å². The van der Waals surface area contributed by atoms with E-state index in [1.807, 2.05) is 42.1 Å². The van der Waals surface area contributed by atoms with Gasteiger partial charge in [0, 0.05) is 31.3 Å². The lowest BCUT2D eigenvalue weighted by atomic mass is 10.00. The van der Waals surface area contributed by atoms with Crippen LogP contribution in [0.25, 0.3) is 10.9 Å². The fourth-order valence-corrected chi connectivity index (χ4v) is 2.11. The van der Waals surface area contributed by atoms with Crippen LogP contribution in [0.15, 0.2) is 30.5 Å². The highest BCUT2D eigenvalue weighted by Crippen LogP contribution is 2.27. The summed E-state index contributed by atoms with van der Waals surface area (Å²) in [5.41, 5.74) is 1.84. The topological polar surface area (TPSA) is 51.5 Å². The molecule has 0 bridgehead atoms. The van der Waals surface area contributed by atoms with Crippen LogP contribution >= 0.6 is 0 Å². The lowest BCUT2D eigenvalue weighted by Gasteiger charge is -2.09. The van der Waals surface area contributed by atoms with Crippen molar-refractivity contribution in [1.29, 1.82) is 0 Å². The van der Waals surface area contributed by atoms with E-state index in [1.54, 1.807) is 0 Å². The second kappa shape index (κ2) is 4.59. The van der Waals surface area contributed by atoms with Gasteiger partial charge in [-0.1, -0.05) is 18.2 Å². The predicted octanol–water partition coefficient (Wildman–Crippen LogP) is 1.99. The fourth-order valence-electron chi connectivity index (χ4n) is 2.11. The molecule has 0 saturated heterocycles. The maximum absolute atomic E-state index is 11.3. The molecule has 2 rings (SSSR count). The first-order chi connectivity index (χ1) is 8.15. The number of ether oxygens (including phenoxy) is 1. The first-order valence-corrected chi connectivity index (χ1v) is 5.41. The van der Waals surface area contributed by atoms with Crippen molar-refractivity contribution in [2.75, 3.05) is 13.7 Å². The van der Waals surface area contributed by atoms with Gasteiger partial charge in [0.2, 0.25) is 0 Å². The summed E-state index contributed by atoms with van der Waals surface area (Å²) < 4.78 is 6.93. The van der Waals surface area contributed by atoms with Crippen LogP contribution in [-0.4, -0.2) is 29.4 Å². The maximum Gasteiger partial charge on any atom is 0.313 e. The summed E-state index contributed by atoms with van der Waals surface area (Å²) in [4.78, 5) is 11.3. The SMILES string of the molecule is COCC(C(=O)O)c1cn(C)c2ccccc12. The number of carbonyl (C=O) groups is 1. The standard InChI is InChI=1S/C13H15NO3/c1-14-7-10(11(8-17-2)13(15)16)9-5-3-4-6-12(9)14/h3-7,11H,8H2,1-2H3,(H,15,16). The number of rotatable bonds is 4. The number of aryl methyl sites for hydroxylation is 1. The van der Waals surface area contributed by atoms with Gasteiger partial charge in [0.25, 0.3) is 0 Å². The molecule has 1 aromatic heterocycles. The van der Waals surface area contributed by atoms with Crippen molar-refractivity contribution in [3.63, 3.8) is 0 Å². The van der Waals surface area contributed by atoms with E-state index >= 15 is 0 Å². The van der Waals surface area contributed by atoms with Crippen LogP contribution < -0.4 is 0 Å². The minimum absolute atomic E-state index is 0.184. The van der Waals surface area contributed by atoms with E-state index in [9.17, 15) is 9.90 Å². The quantitative estimate of drug-likeness (QED) is 0.878. The van der Waals surface area contributed by atoms with Gasteiger partial charge in [-0.3, -0.25) is 4.79 Å². The molecular weight excluding hydrogens is 218 g/mol. The molecule has 0 amide bonds. The van der Waals surface area contributed by atoms with Crippen LogP contribution in [0.1, 0.15) is 11.5 Å². The number of para-hydroxylation sites is 1. The van der Waals surface area contributed by atoms with E-state index in [0.717, 1.165) is 16.5 Å². The van der Waals surface area contributed by atoms with Crippen LogP contribution in [-0.2, 0) is 16.6 Å². The molecule has 0 radical (unpaired) electrons. The average Bonchev–Trinajstić information content (AvgIpc) is 2.64. The van der Waals surface area contributed by atoms with Gasteiger partial charge in [-0.25, -0.2) is 0 Å². The number of hydrogen-bond acceptors (Lipinski definition) is 2. The number of fused-ring (bicyclic) bond motifs is 1. The van der Waals surface area contributed by atoms with Gasteiger partial charge in [0.15, 0.2) is 0 Å². The molecule has 0 spiro atoms. The monoisotopic (exact) mass is 233 g/mol. The molecule has 0 aliphatic rings. The summed E-state index contributed by atoms with van der Waals surface area (Å²) in [6.07, 6.45) is 1.86. The number of nitrogens with zero attached hydrogens (tertiary/aromatic N) is 1. The highest BCUT2D eigenvalue weighted by Gasteiger charge is 2.23. The third kappa shape index (κ3) is 2.03. The normalized spacial score (nSPS) is 12.8. The molecule has 1 N–H and O–H groups in total. The van der Waals surface area contributed by atoms with Crippen LogP contribution in [0.3, 0.4) is 0 Å². The summed E-state index contributed by atoms with van der Waals surface area (Å²) in [6, 6.07) is 7.77. The van der Waals surface area contributed by atoms with Gasteiger partial charge in [0.1, 0.15) is 5.92 Å². The molecule has 90 valence electrons. The van der Waals surface area contributed by atoms with Crippen molar-refractivity contribution in [3.8, 4) is 0 Å². The van der Waals surface area contributed by atoms with Gasteiger partial charge in [-0.05, 0) is 11.6 Å². The van der Waals surface area contributed by atoms with Crippen molar-refractivity contribution in [3.05, 3.63) is 36.0 Å². The third-order valence-electron chi connectivity index (χ3n) is 2.93. The molecule has 4 heteroatoms. The Morgan fingerprint density at radius 3 is 2.82 bits per heavy atom. The number of aliphatic carboxylic acids is 1. The molecule has 0 saturated carbocycles. The lowest BCUT2D eigenvalue weighted by molar-refractivity contribution is -0.140. The van der Waals surface area contributed by atoms with Gasteiger partial charge < -0.3 is 14.4 Å². The summed E-state index contributed by atoms with van der Waals surface area (Å²) in [6.45, 7) is 0.184. The zero-order chi connectivity index (χ0) is 12.4. The summed E-state index contributed by atoms with van der Waals surface area (Å²) >= 11 is 0. The summed E-state index contributed by atoms with van der Waals surface area (Å²) in [5.74, 6) is -1.48. The van der Waals surface area contributed by atoms with Crippen molar-refractivity contribution >= 4 is 16.9 Å². The minimum atomic E-state index is -0.858. The van der Waals surface area contributed by atoms with E-state index in [-0.39, 0.29) is 6.61 Å². The number of carboxylic acids is 1. The minimum Gasteiger partial charge on any atom is -0.481 e. The second-order valence-electron chi connectivity index (χ2n) is 4.06. The number of carboxylic acid groups (broad SMARTS) is 1. The van der Waals surface area contributed by atoms with Crippen molar-refractivity contribution in [2.45, 2.75) is 5.92 Å². The van der Waals surface area contributed by atoms with Crippen LogP contribution in [0.5, 0.6) is 0 Å². The molecule has 0 fully saturated rings.